The van der Waals surface area contributed by atoms with Gasteiger partial charge in [-0.2, -0.15) is 0 Å². The molecule has 27 heavy (non-hydrogen) atoms. The highest BCUT2D eigenvalue weighted by Crippen LogP contribution is 2.38. The SMILES string of the molecule is C=C1C(=O)OC2CC(CO)CCC=C(C(=O)OC)CC(OC(=O)C(C)C)C12. The van der Waals surface area contributed by atoms with Gasteiger partial charge in [0.05, 0.1) is 18.9 Å². The van der Waals surface area contributed by atoms with Crippen molar-refractivity contribution in [2.45, 2.75) is 51.7 Å². The minimum Gasteiger partial charge on any atom is -0.466 e. The van der Waals surface area contributed by atoms with Crippen molar-refractivity contribution in [2.75, 3.05) is 13.7 Å². The Labute approximate surface area is 159 Å². The molecular formula is C20H28O7. The standard InChI is InChI=1S/C20H28O7/c1-11(2)18(22)26-16-9-14(20(24)25-4)7-5-6-13(10-21)8-15-17(16)12(3)19(23)27-15/h7,11,13,15-17,21H,3,5-6,8-10H2,1-2,4H3. The van der Waals surface area contributed by atoms with Crippen LogP contribution in [0.5, 0.6) is 0 Å². The number of rotatable bonds is 4. The highest BCUT2D eigenvalue weighted by Gasteiger charge is 2.46. The molecule has 1 aliphatic carbocycles. The van der Waals surface area contributed by atoms with Gasteiger partial charge >= 0.3 is 17.9 Å². The van der Waals surface area contributed by atoms with Gasteiger partial charge in [0.15, 0.2) is 0 Å². The second kappa shape index (κ2) is 9.17. The number of aliphatic hydroxyl groups is 1. The zero-order valence-corrected chi connectivity index (χ0v) is 16.1. The topological polar surface area (TPSA) is 99.1 Å². The first-order valence-electron chi connectivity index (χ1n) is 9.26. The Morgan fingerprint density at radius 3 is 2.70 bits per heavy atom. The van der Waals surface area contributed by atoms with Crippen molar-refractivity contribution in [3.8, 4) is 0 Å². The molecule has 2 aliphatic rings. The molecular weight excluding hydrogens is 352 g/mol. The quantitative estimate of drug-likeness (QED) is 0.452. The van der Waals surface area contributed by atoms with Crippen molar-refractivity contribution in [1.82, 2.24) is 0 Å². The molecule has 1 fully saturated rings. The summed E-state index contributed by atoms with van der Waals surface area (Å²) in [5.41, 5.74) is 0.603. The van der Waals surface area contributed by atoms with Crippen LogP contribution in [0.2, 0.25) is 0 Å². The largest absolute Gasteiger partial charge is 0.466 e. The van der Waals surface area contributed by atoms with Crippen molar-refractivity contribution in [2.24, 2.45) is 17.8 Å². The van der Waals surface area contributed by atoms with E-state index in [1.807, 2.05) is 0 Å². The average Bonchev–Trinajstić information content (AvgIpc) is 2.91. The summed E-state index contributed by atoms with van der Waals surface area (Å²) in [5, 5.41) is 9.67. The molecule has 1 aliphatic heterocycles. The fraction of sp³-hybridized carbons (Fsp3) is 0.650. The maximum Gasteiger partial charge on any atom is 0.334 e. The first-order chi connectivity index (χ1) is 12.8. The van der Waals surface area contributed by atoms with E-state index in [4.69, 9.17) is 14.2 Å². The fourth-order valence-corrected chi connectivity index (χ4v) is 3.54. The van der Waals surface area contributed by atoms with E-state index >= 15 is 0 Å². The molecule has 0 aromatic carbocycles. The van der Waals surface area contributed by atoms with Crippen molar-refractivity contribution in [3.63, 3.8) is 0 Å². The Morgan fingerprint density at radius 1 is 1.41 bits per heavy atom. The van der Waals surface area contributed by atoms with Gasteiger partial charge in [-0.25, -0.2) is 9.59 Å². The summed E-state index contributed by atoms with van der Waals surface area (Å²) < 4.78 is 16.0. The van der Waals surface area contributed by atoms with Gasteiger partial charge in [-0.05, 0) is 25.2 Å². The van der Waals surface area contributed by atoms with E-state index in [0.717, 1.165) is 0 Å². The predicted octanol–water partition coefficient (Wildman–Crippen LogP) is 1.93. The summed E-state index contributed by atoms with van der Waals surface area (Å²) >= 11 is 0. The Morgan fingerprint density at radius 2 is 2.11 bits per heavy atom. The lowest BCUT2D eigenvalue weighted by atomic mass is 9.81. The minimum atomic E-state index is -0.772. The van der Waals surface area contributed by atoms with Crippen LogP contribution in [0.4, 0.5) is 0 Å². The molecule has 0 bridgehead atoms. The third-order valence-corrected chi connectivity index (χ3v) is 5.12. The highest BCUT2D eigenvalue weighted by molar-refractivity contribution is 5.91. The number of hydrogen-bond donors (Lipinski definition) is 1. The summed E-state index contributed by atoms with van der Waals surface area (Å²) in [4.78, 5) is 36.6. The molecule has 1 saturated heterocycles. The van der Waals surface area contributed by atoms with Gasteiger partial charge in [0.1, 0.15) is 12.2 Å². The number of esters is 3. The Bertz CT molecular complexity index is 634. The van der Waals surface area contributed by atoms with E-state index in [1.165, 1.54) is 7.11 Å². The van der Waals surface area contributed by atoms with E-state index in [-0.39, 0.29) is 30.4 Å². The summed E-state index contributed by atoms with van der Waals surface area (Å²) in [6, 6.07) is 0. The minimum absolute atomic E-state index is 0.0644. The highest BCUT2D eigenvalue weighted by atomic mass is 16.6. The van der Waals surface area contributed by atoms with Crippen LogP contribution in [0, 0.1) is 17.8 Å². The molecule has 4 atom stereocenters. The van der Waals surface area contributed by atoms with Crippen molar-refractivity contribution >= 4 is 17.9 Å². The third-order valence-electron chi connectivity index (χ3n) is 5.12. The van der Waals surface area contributed by atoms with E-state index in [9.17, 15) is 19.5 Å². The summed E-state index contributed by atoms with van der Waals surface area (Å²) in [6.07, 6.45) is 2.20. The number of carbonyl (C=O) groups is 3. The second-order valence-electron chi connectivity index (χ2n) is 7.41. The summed E-state index contributed by atoms with van der Waals surface area (Å²) in [7, 11) is 1.29. The Hall–Kier alpha value is -2.15. The zero-order valence-electron chi connectivity index (χ0n) is 16.1. The Kier molecular flexibility index (Phi) is 7.18. The van der Waals surface area contributed by atoms with Crippen LogP contribution in [-0.4, -0.2) is 48.9 Å². The van der Waals surface area contributed by atoms with Crippen LogP contribution >= 0.6 is 0 Å². The summed E-state index contributed by atoms with van der Waals surface area (Å²) in [5.74, 6) is -2.50. The van der Waals surface area contributed by atoms with Crippen molar-refractivity contribution in [1.29, 1.82) is 0 Å². The fourth-order valence-electron chi connectivity index (χ4n) is 3.54. The average molecular weight is 380 g/mol. The summed E-state index contributed by atoms with van der Waals surface area (Å²) in [6.45, 7) is 7.19. The molecule has 1 N–H and O–H groups in total. The van der Waals surface area contributed by atoms with Crippen LogP contribution in [0.1, 0.15) is 39.5 Å². The first kappa shape index (κ1) is 21.2. The third kappa shape index (κ3) is 4.97. The lowest BCUT2D eigenvalue weighted by Crippen LogP contribution is -2.37. The van der Waals surface area contributed by atoms with Crippen LogP contribution in [0.15, 0.2) is 23.8 Å². The number of fused-ring (bicyclic) bond motifs is 1. The second-order valence-corrected chi connectivity index (χ2v) is 7.41. The molecule has 0 saturated carbocycles. The van der Waals surface area contributed by atoms with Crippen molar-refractivity contribution in [3.05, 3.63) is 23.8 Å². The number of methoxy groups -OCH3 is 1. The van der Waals surface area contributed by atoms with Crippen LogP contribution in [0.3, 0.4) is 0 Å². The van der Waals surface area contributed by atoms with E-state index < -0.39 is 36.0 Å². The maximum atomic E-state index is 12.3. The number of ether oxygens (including phenoxy) is 3. The van der Waals surface area contributed by atoms with Gasteiger partial charge in [-0.15, -0.1) is 0 Å². The molecule has 0 amide bonds. The molecule has 0 radical (unpaired) electrons. The molecule has 2 rings (SSSR count). The first-order valence-corrected chi connectivity index (χ1v) is 9.26. The lowest BCUT2D eigenvalue weighted by molar-refractivity contribution is -0.157. The van der Waals surface area contributed by atoms with Gasteiger partial charge in [-0.3, -0.25) is 4.79 Å². The van der Waals surface area contributed by atoms with Gasteiger partial charge < -0.3 is 19.3 Å². The number of carbonyl (C=O) groups excluding carboxylic acids is 3. The molecule has 7 heteroatoms. The predicted molar refractivity (Wildman–Crippen MR) is 96.4 cm³/mol. The monoisotopic (exact) mass is 380 g/mol. The normalized spacial score (nSPS) is 28.9. The molecule has 0 spiro atoms. The molecule has 4 unspecified atom stereocenters. The molecule has 1 heterocycles. The molecule has 150 valence electrons. The number of allylic oxidation sites excluding steroid dienone is 1. The number of aliphatic hydroxyl groups excluding tert-OH is 1. The van der Waals surface area contributed by atoms with E-state index in [0.29, 0.717) is 24.8 Å². The Balaban J connectivity index is 2.42. The van der Waals surface area contributed by atoms with Crippen LogP contribution in [-0.2, 0) is 28.6 Å². The maximum absolute atomic E-state index is 12.3. The molecule has 7 nitrogen and oxygen atoms in total. The van der Waals surface area contributed by atoms with Crippen LogP contribution < -0.4 is 0 Å². The van der Waals surface area contributed by atoms with E-state index in [1.54, 1.807) is 19.9 Å². The van der Waals surface area contributed by atoms with Gasteiger partial charge in [-0.1, -0.05) is 26.5 Å². The van der Waals surface area contributed by atoms with Gasteiger partial charge in [0, 0.05) is 24.2 Å². The van der Waals surface area contributed by atoms with E-state index in [2.05, 4.69) is 6.58 Å². The van der Waals surface area contributed by atoms with Gasteiger partial charge in [0.25, 0.3) is 0 Å². The molecule has 0 aromatic heterocycles. The molecule has 0 aromatic rings. The zero-order chi connectivity index (χ0) is 20.1. The smallest absolute Gasteiger partial charge is 0.334 e. The van der Waals surface area contributed by atoms with Crippen molar-refractivity contribution < 1.29 is 33.7 Å². The number of hydrogen-bond acceptors (Lipinski definition) is 7. The van der Waals surface area contributed by atoms with Gasteiger partial charge in [0.2, 0.25) is 0 Å². The lowest BCUT2D eigenvalue weighted by Gasteiger charge is -2.30. The van der Waals surface area contributed by atoms with Crippen LogP contribution in [0.25, 0.3) is 0 Å².